The summed E-state index contributed by atoms with van der Waals surface area (Å²) in [4.78, 5) is 2.85. The number of hydrogen-bond acceptors (Lipinski definition) is 3. The van der Waals surface area contributed by atoms with Crippen LogP contribution in [-0.4, -0.2) is 6.04 Å². The van der Waals surface area contributed by atoms with Crippen LogP contribution in [0.4, 0.5) is 0 Å². The zero-order valence-corrected chi connectivity index (χ0v) is 11.8. The van der Waals surface area contributed by atoms with Crippen molar-refractivity contribution in [3.63, 3.8) is 0 Å². The summed E-state index contributed by atoms with van der Waals surface area (Å²) < 4.78 is 0. The van der Waals surface area contributed by atoms with E-state index in [1.807, 2.05) is 22.7 Å². The minimum Gasteiger partial charge on any atom is -0.302 e. The van der Waals surface area contributed by atoms with Gasteiger partial charge in [0, 0.05) is 15.8 Å². The standard InChI is InChI=1S/C15H17NS2/c1-2-6-12(7-3-1)16-15(13-8-4-10-17-13)14-9-5-11-18-14/h1-2,4-5,8-12,15-16H,3,6-7H2. The zero-order chi connectivity index (χ0) is 12.2. The summed E-state index contributed by atoms with van der Waals surface area (Å²) in [5.74, 6) is 0. The van der Waals surface area contributed by atoms with Crippen molar-refractivity contribution < 1.29 is 0 Å². The van der Waals surface area contributed by atoms with Crippen molar-refractivity contribution in [3.8, 4) is 0 Å². The molecule has 2 heterocycles. The largest absolute Gasteiger partial charge is 0.302 e. The van der Waals surface area contributed by atoms with Gasteiger partial charge in [0.1, 0.15) is 0 Å². The molecule has 18 heavy (non-hydrogen) atoms. The van der Waals surface area contributed by atoms with Gasteiger partial charge in [-0.25, -0.2) is 0 Å². The highest BCUT2D eigenvalue weighted by Crippen LogP contribution is 2.30. The fraction of sp³-hybridized carbons (Fsp3) is 0.333. The van der Waals surface area contributed by atoms with Gasteiger partial charge in [-0.05, 0) is 42.2 Å². The molecular formula is C15H17NS2. The average Bonchev–Trinajstić information content (AvgIpc) is 3.11. The maximum atomic E-state index is 3.83. The summed E-state index contributed by atoms with van der Waals surface area (Å²) in [7, 11) is 0. The van der Waals surface area contributed by atoms with Crippen molar-refractivity contribution >= 4 is 22.7 Å². The van der Waals surface area contributed by atoms with Crippen LogP contribution >= 0.6 is 22.7 Å². The molecule has 1 aliphatic rings. The van der Waals surface area contributed by atoms with Crippen LogP contribution in [0, 0.1) is 0 Å². The van der Waals surface area contributed by atoms with Crippen LogP contribution in [0.5, 0.6) is 0 Å². The lowest BCUT2D eigenvalue weighted by Crippen LogP contribution is -2.33. The van der Waals surface area contributed by atoms with E-state index in [4.69, 9.17) is 0 Å². The Labute approximate surface area is 116 Å². The Morgan fingerprint density at radius 3 is 2.28 bits per heavy atom. The maximum Gasteiger partial charge on any atom is 0.0767 e. The molecule has 1 nitrogen and oxygen atoms in total. The molecule has 3 heteroatoms. The Hall–Kier alpha value is -0.900. The second-order valence-corrected chi connectivity index (χ2v) is 6.57. The van der Waals surface area contributed by atoms with Gasteiger partial charge < -0.3 is 5.32 Å². The van der Waals surface area contributed by atoms with Crippen molar-refractivity contribution in [3.05, 3.63) is 56.9 Å². The maximum absolute atomic E-state index is 3.83. The van der Waals surface area contributed by atoms with Crippen LogP contribution in [-0.2, 0) is 0 Å². The van der Waals surface area contributed by atoms with Crippen LogP contribution < -0.4 is 5.32 Å². The van der Waals surface area contributed by atoms with Gasteiger partial charge in [0.25, 0.3) is 0 Å². The first-order valence-electron chi connectivity index (χ1n) is 6.41. The first-order chi connectivity index (χ1) is 8.93. The molecule has 0 saturated heterocycles. The van der Waals surface area contributed by atoms with Gasteiger partial charge in [0.15, 0.2) is 0 Å². The lowest BCUT2D eigenvalue weighted by molar-refractivity contribution is 0.446. The predicted octanol–water partition coefficient (Wildman–Crippen LogP) is 4.60. The lowest BCUT2D eigenvalue weighted by atomic mass is 10.0. The zero-order valence-electron chi connectivity index (χ0n) is 10.2. The predicted molar refractivity (Wildman–Crippen MR) is 80.4 cm³/mol. The van der Waals surface area contributed by atoms with Crippen LogP contribution in [0.15, 0.2) is 47.2 Å². The van der Waals surface area contributed by atoms with Gasteiger partial charge in [-0.1, -0.05) is 24.3 Å². The number of hydrogen-bond donors (Lipinski definition) is 1. The van der Waals surface area contributed by atoms with E-state index in [9.17, 15) is 0 Å². The van der Waals surface area contributed by atoms with Gasteiger partial charge in [0.2, 0.25) is 0 Å². The third-order valence-corrected chi connectivity index (χ3v) is 5.20. The summed E-state index contributed by atoms with van der Waals surface area (Å²) >= 11 is 3.69. The summed E-state index contributed by atoms with van der Waals surface area (Å²) in [5.41, 5.74) is 0. The number of allylic oxidation sites excluding steroid dienone is 1. The fourth-order valence-corrected chi connectivity index (χ4v) is 4.08. The molecule has 1 unspecified atom stereocenters. The second kappa shape index (κ2) is 5.83. The van der Waals surface area contributed by atoms with E-state index in [1.54, 1.807) is 0 Å². The van der Waals surface area contributed by atoms with Gasteiger partial charge in [-0.2, -0.15) is 0 Å². The molecule has 2 aromatic rings. The second-order valence-electron chi connectivity index (χ2n) is 4.61. The Morgan fingerprint density at radius 1 is 1.06 bits per heavy atom. The normalized spacial score (nSPS) is 19.5. The average molecular weight is 275 g/mol. The van der Waals surface area contributed by atoms with E-state index in [1.165, 1.54) is 22.6 Å². The first kappa shape index (κ1) is 12.2. The monoisotopic (exact) mass is 275 g/mol. The minimum absolute atomic E-state index is 0.376. The third-order valence-electron chi connectivity index (χ3n) is 3.33. The van der Waals surface area contributed by atoms with Crippen molar-refractivity contribution in [2.45, 2.75) is 31.3 Å². The Bertz CT molecular complexity index is 450. The number of thiophene rings is 2. The molecule has 94 valence electrons. The lowest BCUT2D eigenvalue weighted by Gasteiger charge is -2.25. The quantitative estimate of drug-likeness (QED) is 0.804. The smallest absolute Gasteiger partial charge is 0.0767 e. The van der Waals surface area contributed by atoms with Gasteiger partial charge in [-0.3, -0.25) is 0 Å². The van der Waals surface area contributed by atoms with E-state index >= 15 is 0 Å². The van der Waals surface area contributed by atoms with Crippen molar-refractivity contribution in [1.29, 1.82) is 0 Å². The van der Waals surface area contributed by atoms with E-state index in [0.29, 0.717) is 12.1 Å². The van der Waals surface area contributed by atoms with Gasteiger partial charge in [0.05, 0.1) is 6.04 Å². The minimum atomic E-state index is 0.376. The molecule has 0 amide bonds. The SMILES string of the molecule is C1=CCC(NC(c2cccs2)c2cccs2)CC1. The summed E-state index contributed by atoms with van der Waals surface area (Å²) in [6, 6.07) is 9.75. The molecule has 1 atom stereocenters. The Balaban J connectivity index is 1.80. The Morgan fingerprint density at radius 2 is 1.78 bits per heavy atom. The van der Waals surface area contributed by atoms with Crippen molar-refractivity contribution in [1.82, 2.24) is 5.32 Å². The van der Waals surface area contributed by atoms with E-state index < -0.39 is 0 Å². The van der Waals surface area contributed by atoms with Gasteiger partial charge in [-0.15, -0.1) is 22.7 Å². The number of nitrogens with one attached hydrogen (secondary N) is 1. The van der Waals surface area contributed by atoms with Crippen molar-refractivity contribution in [2.24, 2.45) is 0 Å². The van der Waals surface area contributed by atoms with E-state index in [-0.39, 0.29) is 0 Å². The first-order valence-corrected chi connectivity index (χ1v) is 8.17. The van der Waals surface area contributed by atoms with E-state index in [0.717, 1.165) is 6.42 Å². The summed E-state index contributed by atoms with van der Waals surface area (Å²) in [6.07, 6.45) is 8.22. The molecule has 0 radical (unpaired) electrons. The van der Waals surface area contributed by atoms with Crippen LogP contribution in [0.2, 0.25) is 0 Å². The number of rotatable bonds is 4. The van der Waals surface area contributed by atoms with Crippen LogP contribution in [0.25, 0.3) is 0 Å². The molecule has 2 aromatic heterocycles. The highest BCUT2D eigenvalue weighted by Gasteiger charge is 2.20. The van der Waals surface area contributed by atoms with E-state index in [2.05, 4.69) is 52.5 Å². The van der Waals surface area contributed by atoms with Gasteiger partial charge >= 0.3 is 0 Å². The fourth-order valence-electron chi connectivity index (χ4n) is 2.40. The summed E-state index contributed by atoms with van der Waals surface area (Å²) in [5, 5.41) is 8.16. The summed E-state index contributed by atoms with van der Waals surface area (Å²) in [6.45, 7) is 0. The molecule has 1 N–H and O–H groups in total. The molecule has 0 fully saturated rings. The molecule has 0 bridgehead atoms. The molecule has 0 spiro atoms. The third kappa shape index (κ3) is 2.74. The molecule has 1 aliphatic carbocycles. The van der Waals surface area contributed by atoms with Crippen LogP contribution in [0.1, 0.15) is 35.1 Å². The van der Waals surface area contributed by atoms with Crippen LogP contribution in [0.3, 0.4) is 0 Å². The molecule has 3 rings (SSSR count). The van der Waals surface area contributed by atoms with Crippen molar-refractivity contribution in [2.75, 3.05) is 0 Å². The topological polar surface area (TPSA) is 12.0 Å². The highest BCUT2D eigenvalue weighted by molar-refractivity contribution is 7.11. The molecule has 0 aliphatic heterocycles. The molecule has 0 aromatic carbocycles. The Kier molecular flexibility index (Phi) is 3.93. The molecule has 0 saturated carbocycles. The molecular weight excluding hydrogens is 258 g/mol. The highest BCUT2D eigenvalue weighted by atomic mass is 32.1.